The highest BCUT2D eigenvalue weighted by molar-refractivity contribution is 14.0. The molecule has 0 spiro atoms. The molecule has 2 aromatic carbocycles. The van der Waals surface area contributed by atoms with Crippen LogP contribution in [0.3, 0.4) is 0 Å². The van der Waals surface area contributed by atoms with Crippen molar-refractivity contribution in [3.63, 3.8) is 0 Å². The van der Waals surface area contributed by atoms with Gasteiger partial charge in [-0.3, -0.25) is 4.79 Å². The van der Waals surface area contributed by atoms with Crippen LogP contribution in [0.5, 0.6) is 0 Å². The third-order valence-electron chi connectivity index (χ3n) is 5.08. The van der Waals surface area contributed by atoms with Crippen molar-refractivity contribution >= 4 is 47.4 Å². The highest BCUT2D eigenvalue weighted by atomic mass is 127. The lowest BCUT2D eigenvalue weighted by atomic mass is 10.1. The Morgan fingerprint density at radius 1 is 1.13 bits per heavy atom. The zero-order valence-electron chi connectivity index (χ0n) is 17.3. The molecule has 2 N–H and O–H groups in total. The van der Waals surface area contributed by atoms with Gasteiger partial charge in [0, 0.05) is 43.5 Å². The van der Waals surface area contributed by atoms with Crippen LogP contribution in [0.25, 0.3) is 0 Å². The lowest BCUT2D eigenvalue weighted by Crippen LogP contribution is -2.40. The molecule has 162 valence electrons. The zero-order chi connectivity index (χ0) is 20.5. The molecule has 2 aromatic rings. The molecule has 1 saturated heterocycles. The predicted molar refractivity (Wildman–Crippen MR) is 135 cm³/mol. The Hall–Kier alpha value is -1.80. The average Bonchev–Trinajstić information content (AvgIpc) is 3.10. The number of halogens is 2. The van der Waals surface area contributed by atoms with Crippen LogP contribution in [-0.2, 0) is 17.8 Å². The average molecular weight is 541 g/mol. The molecule has 1 atom stereocenters. The topological polar surface area (TPSA) is 56.7 Å². The highest BCUT2D eigenvalue weighted by Gasteiger charge is 2.29. The summed E-state index contributed by atoms with van der Waals surface area (Å²) in [6.07, 6.45) is 1.49. The van der Waals surface area contributed by atoms with Crippen molar-refractivity contribution in [1.82, 2.24) is 15.5 Å². The van der Waals surface area contributed by atoms with Crippen LogP contribution in [0.4, 0.5) is 0 Å². The number of guanidine groups is 1. The number of nitrogens with one attached hydrogen (secondary N) is 2. The monoisotopic (exact) mass is 540 g/mol. The second kappa shape index (κ2) is 12.8. The number of hydrogen-bond acceptors (Lipinski definition) is 2. The molecule has 1 aliphatic heterocycles. The number of nitrogens with zero attached hydrogens (tertiary/aromatic N) is 2. The number of amides is 1. The predicted octanol–water partition coefficient (Wildman–Crippen LogP) is 4.10. The molecule has 1 unspecified atom stereocenters. The minimum Gasteiger partial charge on any atom is -0.357 e. The van der Waals surface area contributed by atoms with E-state index in [-0.39, 0.29) is 29.9 Å². The first kappa shape index (κ1) is 24.5. The molecule has 30 heavy (non-hydrogen) atoms. The largest absolute Gasteiger partial charge is 0.357 e. The number of hydrogen-bond donors (Lipinski definition) is 2. The number of carbonyl (C=O) groups excluding carboxylic acids is 1. The fraction of sp³-hybridized carbons (Fsp3) is 0.391. The minimum atomic E-state index is 0. The summed E-state index contributed by atoms with van der Waals surface area (Å²) in [6.45, 7) is 5.63. The van der Waals surface area contributed by atoms with E-state index in [0.717, 1.165) is 49.1 Å². The fourth-order valence-electron chi connectivity index (χ4n) is 3.49. The molecule has 0 saturated carbocycles. The Bertz CT molecular complexity index is 831. The van der Waals surface area contributed by atoms with Gasteiger partial charge in [0.15, 0.2) is 5.96 Å². The van der Waals surface area contributed by atoms with Crippen molar-refractivity contribution < 1.29 is 4.79 Å². The summed E-state index contributed by atoms with van der Waals surface area (Å²) >= 11 is 6.22. The summed E-state index contributed by atoms with van der Waals surface area (Å²) in [7, 11) is 0. The van der Waals surface area contributed by atoms with Gasteiger partial charge >= 0.3 is 0 Å². The van der Waals surface area contributed by atoms with Crippen LogP contribution >= 0.6 is 35.6 Å². The van der Waals surface area contributed by atoms with Gasteiger partial charge in [0.25, 0.3) is 0 Å². The van der Waals surface area contributed by atoms with Gasteiger partial charge in [-0.2, -0.15) is 0 Å². The van der Waals surface area contributed by atoms with Crippen LogP contribution in [0, 0.1) is 5.92 Å². The van der Waals surface area contributed by atoms with Crippen molar-refractivity contribution in [1.29, 1.82) is 0 Å². The van der Waals surface area contributed by atoms with Gasteiger partial charge in [-0.05, 0) is 30.5 Å². The summed E-state index contributed by atoms with van der Waals surface area (Å²) in [5.74, 6) is 1.29. The maximum atomic E-state index is 12.4. The highest BCUT2D eigenvalue weighted by Crippen LogP contribution is 2.18. The molecule has 0 aliphatic carbocycles. The number of likely N-dealkylation sites (tertiary alicyclic amines) is 1. The summed E-state index contributed by atoms with van der Waals surface area (Å²) in [4.78, 5) is 19.0. The molecule has 1 aliphatic rings. The lowest BCUT2D eigenvalue weighted by molar-refractivity contribution is -0.127. The van der Waals surface area contributed by atoms with Crippen LogP contribution in [-0.4, -0.2) is 42.9 Å². The van der Waals surface area contributed by atoms with Gasteiger partial charge < -0.3 is 15.5 Å². The molecule has 0 aromatic heterocycles. The van der Waals surface area contributed by atoms with Crippen molar-refractivity contribution in [3.05, 3.63) is 70.7 Å². The first-order chi connectivity index (χ1) is 14.2. The van der Waals surface area contributed by atoms with Crippen LogP contribution in [0.15, 0.2) is 59.6 Å². The van der Waals surface area contributed by atoms with E-state index in [4.69, 9.17) is 11.6 Å². The van der Waals surface area contributed by atoms with Crippen molar-refractivity contribution in [2.75, 3.05) is 26.2 Å². The van der Waals surface area contributed by atoms with Gasteiger partial charge in [0.2, 0.25) is 5.91 Å². The lowest BCUT2D eigenvalue weighted by Gasteiger charge is -2.18. The Morgan fingerprint density at radius 3 is 2.60 bits per heavy atom. The number of carbonyl (C=O) groups is 1. The van der Waals surface area contributed by atoms with Gasteiger partial charge in [-0.25, -0.2) is 4.99 Å². The molecule has 0 radical (unpaired) electrons. The third-order valence-corrected chi connectivity index (χ3v) is 5.44. The normalized spacial score (nSPS) is 16.3. The third kappa shape index (κ3) is 7.47. The smallest absolute Gasteiger partial charge is 0.223 e. The second-order valence-electron chi connectivity index (χ2n) is 7.31. The standard InChI is InChI=1S/C23H29ClN4O.HI/c1-2-25-23(27-16-20-10-6-7-11-21(20)24)26-15-19-14-22(29)28(17-19)13-12-18-8-4-3-5-9-18;/h3-11,19H,2,12-17H2,1H3,(H2,25,26,27);1H. The SMILES string of the molecule is CCNC(=NCc1ccccc1Cl)NCC1CC(=O)N(CCc2ccccc2)C1.I. The Kier molecular flexibility index (Phi) is 10.4. The van der Waals surface area contributed by atoms with E-state index in [9.17, 15) is 4.79 Å². The van der Waals surface area contributed by atoms with E-state index in [1.54, 1.807) is 0 Å². The first-order valence-corrected chi connectivity index (χ1v) is 10.6. The number of rotatable bonds is 8. The molecule has 1 heterocycles. The van der Waals surface area contributed by atoms with E-state index >= 15 is 0 Å². The Morgan fingerprint density at radius 2 is 1.87 bits per heavy atom. The van der Waals surface area contributed by atoms with Crippen molar-refractivity contribution in [2.24, 2.45) is 10.9 Å². The molecule has 0 bridgehead atoms. The summed E-state index contributed by atoms with van der Waals surface area (Å²) in [6, 6.07) is 18.1. The molecule has 3 rings (SSSR count). The zero-order valence-corrected chi connectivity index (χ0v) is 20.4. The number of benzene rings is 2. The summed E-state index contributed by atoms with van der Waals surface area (Å²) < 4.78 is 0. The first-order valence-electron chi connectivity index (χ1n) is 10.2. The van der Waals surface area contributed by atoms with Gasteiger partial charge in [0.1, 0.15) is 0 Å². The van der Waals surface area contributed by atoms with Crippen LogP contribution in [0.2, 0.25) is 5.02 Å². The van der Waals surface area contributed by atoms with E-state index in [1.165, 1.54) is 5.56 Å². The van der Waals surface area contributed by atoms with Crippen LogP contribution in [0.1, 0.15) is 24.5 Å². The molecule has 1 amide bonds. The van der Waals surface area contributed by atoms with Crippen molar-refractivity contribution in [3.8, 4) is 0 Å². The van der Waals surface area contributed by atoms with E-state index in [1.807, 2.05) is 54.3 Å². The maximum Gasteiger partial charge on any atom is 0.223 e. The van der Waals surface area contributed by atoms with E-state index in [0.29, 0.717) is 18.9 Å². The van der Waals surface area contributed by atoms with Crippen molar-refractivity contribution in [2.45, 2.75) is 26.3 Å². The van der Waals surface area contributed by atoms with E-state index in [2.05, 4.69) is 27.8 Å². The van der Waals surface area contributed by atoms with Gasteiger partial charge in [-0.15, -0.1) is 24.0 Å². The van der Waals surface area contributed by atoms with E-state index < -0.39 is 0 Å². The minimum absolute atomic E-state index is 0. The van der Waals surface area contributed by atoms with Gasteiger partial charge in [0.05, 0.1) is 6.54 Å². The molecule has 7 heteroatoms. The Balaban J connectivity index is 0.00000320. The maximum absolute atomic E-state index is 12.4. The number of aliphatic imine (C=N–C) groups is 1. The quantitative estimate of drug-likeness (QED) is 0.301. The molecular formula is C23H30ClIN4O. The fourth-order valence-corrected chi connectivity index (χ4v) is 3.68. The molecular weight excluding hydrogens is 511 g/mol. The Labute approximate surface area is 201 Å². The second-order valence-corrected chi connectivity index (χ2v) is 7.72. The summed E-state index contributed by atoms with van der Waals surface area (Å²) in [5, 5.41) is 7.37. The molecule has 1 fully saturated rings. The van der Waals surface area contributed by atoms with Gasteiger partial charge in [-0.1, -0.05) is 60.1 Å². The molecule has 5 nitrogen and oxygen atoms in total. The van der Waals surface area contributed by atoms with Crippen LogP contribution < -0.4 is 10.6 Å². The summed E-state index contributed by atoms with van der Waals surface area (Å²) in [5.41, 5.74) is 2.26.